The van der Waals surface area contributed by atoms with Crippen molar-refractivity contribution >= 4 is 29.3 Å². The molecule has 1 amide bonds. The van der Waals surface area contributed by atoms with Crippen LogP contribution in [0, 0.1) is 5.41 Å². The van der Waals surface area contributed by atoms with Gasteiger partial charge >= 0.3 is 0 Å². The second-order valence-electron chi connectivity index (χ2n) is 6.29. The van der Waals surface area contributed by atoms with E-state index < -0.39 is 0 Å². The van der Waals surface area contributed by atoms with Crippen molar-refractivity contribution in [3.05, 3.63) is 34.9 Å². The molecule has 2 rings (SSSR count). The summed E-state index contributed by atoms with van der Waals surface area (Å²) in [6.45, 7) is 4.54. The van der Waals surface area contributed by atoms with Gasteiger partial charge < -0.3 is 5.32 Å². The Morgan fingerprint density at radius 1 is 1.40 bits per heavy atom. The van der Waals surface area contributed by atoms with Gasteiger partial charge in [-0.05, 0) is 42.4 Å². The first-order valence-electron chi connectivity index (χ1n) is 7.06. The normalized spacial score (nSPS) is 20.9. The number of hydrogen-bond acceptors (Lipinski definition) is 2. The SMILES string of the molecule is CC1(C)CCC(NC(=O)CSCc2ccc(Cl)cc2)C1. The monoisotopic (exact) mass is 311 g/mol. The van der Waals surface area contributed by atoms with Crippen LogP contribution < -0.4 is 5.32 Å². The Balaban J connectivity index is 1.67. The predicted octanol–water partition coefficient (Wildman–Crippen LogP) is 4.27. The van der Waals surface area contributed by atoms with Crippen LogP contribution in [0.2, 0.25) is 5.02 Å². The van der Waals surface area contributed by atoms with Crippen molar-refractivity contribution in [1.82, 2.24) is 5.32 Å². The Kier molecular flexibility index (Phi) is 5.39. The van der Waals surface area contributed by atoms with Crippen LogP contribution in [0.4, 0.5) is 0 Å². The van der Waals surface area contributed by atoms with E-state index in [1.807, 2.05) is 24.3 Å². The maximum atomic E-state index is 11.9. The first-order valence-corrected chi connectivity index (χ1v) is 8.59. The van der Waals surface area contributed by atoms with Gasteiger partial charge in [0.2, 0.25) is 5.91 Å². The van der Waals surface area contributed by atoms with Gasteiger partial charge in [-0.3, -0.25) is 4.79 Å². The van der Waals surface area contributed by atoms with Crippen LogP contribution in [0.3, 0.4) is 0 Å². The lowest BCUT2D eigenvalue weighted by atomic mass is 9.92. The summed E-state index contributed by atoms with van der Waals surface area (Å²) in [5, 5.41) is 3.90. The van der Waals surface area contributed by atoms with E-state index in [1.54, 1.807) is 11.8 Å². The summed E-state index contributed by atoms with van der Waals surface area (Å²) in [7, 11) is 0. The molecular formula is C16H22ClNOS. The van der Waals surface area contributed by atoms with Crippen LogP contribution in [0.5, 0.6) is 0 Å². The van der Waals surface area contributed by atoms with Crippen molar-refractivity contribution in [1.29, 1.82) is 0 Å². The number of amides is 1. The smallest absolute Gasteiger partial charge is 0.230 e. The molecule has 0 aliphatic heterocycles. The number of hydrogen-bond donors (Lipinski definition) is 1. The van der Waals surface area contributed by atoms with Crippen LogP contribution in [0.15, 0.2) is 24.3 Å². The molecule has 1 fully saturated rings. The number of thioether (sulfide) groups is 1. The van der Waals surface area contributed by atoms with Crippen molar-refractivity contribution in [3.8, 4) is 0 Å². The fourth-order valence-corrected chi connectivity index (χ4v) is 3.60. The van der Waals surface area contributed by atoms with E-state index in [4.69, 9.17) is 11.6 Å². The molecule has 1 aliphatic rings. The number of rotatable bonds is 5. The van der Waals surface area contributed by atoms with Gasteiger partial charge in [-0.2, -0.15) is 0 Å². The van der Waals surface area contributed by atoms with E-state index in [9.17, 15) is 4.79 Å². The average Bonchev–Trinajstić information content (AvgIpc) is 2.71. The third-order valence-corrected chi connectivity index (χ3v) is 5.00. The summed E-state index contributed by atoms with van der Waals surface area (Å²) >= 11 is 7.49. The largest absolute Gasteiger partial charge is 0.353 e. The number of benzene rings is 1. The van der Waals surface area contributed by atoms with Crippen molar-refractivity contribution in [3.63, 3.8) is 0 Å². The highest BCUT2D eigenvalue weighted by molar-refractivity contribution is 7.99. The quantitative estimate of drug-likeness (QED) is 0.880. The molecule has 20 heavy (non-hydrogen) atoms. The van der Waals surface area contributed by atoms with Crippen molar-refractivity contribution in [2.75, 3.05) is 5.75 Å². The molecule has 1 saturated carbocycles. The summed E-state index contributed by atoms with van der Waals surface area (Å²) in [6.07, 6.45) is 3.41. The van der Waals surface area contributed by atoms with Crippen LogP contribution in [-0.4, -0.2) is 17.7 Å². The molecule has 1 aromatic rings. The van der Waals surface area contributed by atoms with Gasteiger partial charge in [-0.15, -0.1) is 11.8 Å². The molecule has 0 spiro atoms. The minimum atomic E-state index is 0.159. The van der Waals surface area contributed by atoms with Crippen LogP contribution >= 0.6 is 23.4 Å². The lowest BCUT2D eigenvalue weighted by molar-refractivity contribution is -0.119. The first kappa shape index (κ1) is 15.7. The summed E-state index contributed by atoms with van der Waals surface area (Å²) in [5.41, 5.74) is 1.59. The number of carbonyl (C=O) groups excluding carboxylic acids is 1. The van der Waals surface area contributed by atoms with Gasteiger partial charge in [-0.25, -0.2) is 0 Å². The summed E-state index contributed by atoms with van der Waals surface area (Å²) in [5.74, 6) is 1.53. The third kappa shape index (κ3) is 5.02. The Morgan fingerprint density at radius 3 is 2.70 bits per heavy atom. The second kappa shape index (κ2) is 6.86. The number of halogens is 1. The molecule has 1 unspecified atom stereocenters. The van der Waals surface area contributed by atoms with Crippen LogP contribution in [-0.2, 0) is 10.5 Å². The zero-order valence-corrected chi connectivity index (χ0v) is 13.7. The summed E-state index contributed by atoms with van der Waals surface area (Å²) in [6, 6.07) is 8.16. The van der Waals surface area contributed by atoms with Gasteiger partial charge in [0, 0.05) is 16.8 Å². The highest BCUT2D eigenvalue weighted by Gasteiger charge is 2.31. The lowest BCUT2D eigenvalue weighted by Crippen LogP contribution is -2.34. The fraction of sp³-hybridized carbons (Fsp3) is 0.562. The molecule has 1 N–H and O–H groups in total. The Bertz CT molecular complexity index is 458. The van der Waals surface area contributed by atoms with E-state index in [0.29, 0.717) is 17.2 Å². The zero-order valence-electron chi connectivity index (χ0n) is 12.1. The lowest BCUT2D eigenvalue weighted by Gasteiger charge is -2.17. The number of carbonyl (C=O) groups is 1. The van der Waals surface area contributed by atoms with Crippen molar-refractivity contribution < 1.29 is 4.79 Å². The van der Waals surface area contributed by atoms with Crippen LogP contribution in [0.1, 0.15) is 38.7 Å². The molecule has 0 saturated heterocycles. The molecule has 0 heterocycles. The minimum Gasteiger partial charge on any atom is -0.353 e. The molecule has 1 atom stereocenters. The molecule has 1 aliphatic carbocycles. The van der Waals surface area contributed by atoms with Gasteiger partial charge in [0.15, 0.2) is 0 Å². The van der Waals surface area contributed by atoms with Gasteiger partial charge in [0.05, 0.1) is 5.75 Å². The fourth-order valence-electron chi connectivity index (χ4n) is 2.67. The van der Waals surface area contributed by atoms with E-state index in [0.717, 1.165) is 23.6 Å². The molecule has 4 heteroatoms. The standard InChI is InChI=1S/C16H22ClNOS/c1-16(2)8-7-14(9-16)18-15(19)11-20-10-12-3-5-13(17)6-4-12/h3-6,14H,7-11H2,1-2H3,(H,18,19). The highest BCUT2D eigenvalue weighted by atomic mass is 35.5. The summed E-state index contributed by atoms with van der Waals surface area (Å²) in [4.78, 5) is 11.9. The summed E-state index contributed by atoms with van der Waals surface area (Å²) < 4.78 is 0. The van der Waals surface area contributed by atoms with Gasteiger partial charge in [0.25, 0.3) is 0 Å². The Hall–Kier alpha value is -0.670. The van der Waals surface area contributed by atoms with E-state index in [1.165, 1.54) is 12.0 Å². The topological polar surface area (TPSA) is 29.1 Å². The maximum Gasteiger partial charge on any atom is 0.230 e. The minimum absolute atomic E-state index is 0.159. The first-order chi connectivity index (χ1) is 9.44. The van der Waals surface area contributed by atoms with Gasteiger partial charge in [0.1, 0.15) is 0 Å². The molecule has 110 valence electrons. The predicted molar refractivity (Wildman–Crippen MR) is 87.2 cm³/mol. The molecule has 0 aromatic heterocycles. The molecule has 0 radical (unpaired) electrons. The maximum absolute atomic E-state index is 11.9. The van der Waals surface area contributed by atoms with E-state index in [2.05, 4.69) is 19.2 Å². The van der Waals surface area contributed by atoms with Crippen molar-refractivity contribution in [2.24, 2.45) is 5.41 Å². The molecule has 0 bridgehead atoms. The molecule has 1 aromatic carbocycles. The van der Waals surface area contributed by atoms with Crippen molar-refractivity contribution in [2.45, 2.75) is 44.9 Å². The molecule has 2 nitrogen and oxygen atoms in total. The van der Waals surface area contributed by atoms with Crippen LogP contribution in [0.25, 0.3) is 0 Å². The zero-order chi connectivity index (χ0) is 14.6. The molecular weight excluding hydrogens is 290 g/mol. The highest BCUT2D eigenvalue weighted by Crippen LogP contribution is 2.36. The average molecular weight is 312 g/mol. The third-order valence-electron chi connectivity index (χ3n) is 3.75. The Morgan fingerprint density at radius 2 is 2.10 bits per heavy atom. The Labute approximate surface area is 130 Å². The van der Waals surface area contributed by atoms with E-state index >= 15 is 0 Å². The second-order valence-corrected chi connectivity index (χ2v) is 7.71. The van der Waals surface area contributed by atoms with E-state index in [-0.39, 0.29) is 5.91 Å². The van der Waals surface area contributed by atoms with Gasteiger partial charge in [-0.1, -0.05) is 37.6 Å². The number of nitrogens with one attached hydrogen (secondary N) is 1.